The van der Waals surface area contributed by atoms with Crippen molar-refractivity contribution in [1.29, 1.82) is 0 Å². The lowest BCUT2D eigenvalue weighted by atomic mass is 9.86. The largest absolute Gasteiger partial charge is 0.416 e. The lowest BCUT2D eigenvalue weighted by molar-refractivity contribution is -0.138. The number of carbonyl (C=O) groups excluding carboxylic acids is 1. The minimum absolute atomic E-state index is 0.0888. The van der Waals surface area contributed by atoms with Crippen LogP contribution in [-0.4, -0.2) is 11.9 Å². The molecule has 0 spiro atoms. The number of nitrogens with two attached hydrogens (primary N) is 1. The van der Waals surface area contributed by atoms with Gasteiger partial charge < -0.3 is 11.1 Å². The van der Waals surface area contributed by atoms with Crippen LogP contribution in [0.5, 0.6) is 0 Å². The lowest BCUT2D eigenvalue weighted by Gasteiger charge is -2.25. The summed E-state index contributed by atoms with van der Waals surface area (Å²) in [4.78, 5) is 12.0. The zero-order valence-electron chi connectivity index (χ0n) is 11.6. The van der Waals surface area contributed by atoms with Crippen molar-refractivity contribution in [2.75, 3.05) is 0 Å². The van der Waals surface area contributed by atoms with E-state index in [4.69, 9.17) is 5.73 Å². The Morgan fingerprint density at radius 3 is 2.43 bits per heavy atom. The van der Waals surface area contributed by atoms with Crippen LogP contribution in [0.2, 0.25) is 0 Å². The van der Waals surface area contributed by atoms with Gasteiger partial charge in [0.2, 0.25) is 5.91 Å². The molecule has 3 N–H and O–H groups in total. The number of benzene rings is 1. The highest BCUT2D eigenvalue weighted by Gasteiger charge is 2.33. The van der Waals surface area contributed by atoms with E-state index in [0.717, 1.165) is 18.9 Å². The molecule has 1 fully saturated rings. The van der Waals surface area contributed by atoms with Gasteiger partial charge in [0, 0.05) is 18.5 Å². The maximum Gasteiger partial charge on any atom is 0.416 e. The average Bonchev–Trinajstić information content (AvgIpc) is 2.45. The Labute approximate surface area is 121 Å². The highest BCUT2D eigenvalue weighted by molar-refractivity contribution is 5.78. The van der Waals surface area contributed by atoms with Crippen LogP contribution in [0, 0.1) is 5.92 Å². The zero-order chi connectivity index (χ0) is 15.5. The molecule has 0 radical (unpaired) electrons. The van der Waals surface area contributed by atoms with Crippen molar-refractivity contribution < 1.29 is 18.0 Å². The Hall–Kier alpha value is -1.56. The number of carbonyl (C=O) groups is 1. The van der Waals surface area contributed by atoms with E-state index < -0.39 is 11.7 Å². The highest BCUT2D eigenvalue weighted by atomic mass is 19.4. The molecule has 0 saturated heterocycles. The number of nitrogens with one attached hydrogen (secondary N) is 1. The van der Waals surface area contributed by atoms with Gasteiger partial charge in [0.05, 0.1) is 5.56 Å². The summed E-state index contributed by atoms with van der Waals surface area (Å²) < 4.78 is 38.5. The van der Waals surface area contributed by atoms with Crippen molar-refractivity contribution in [2.24, 2.45) is 11.7 Å². The van der Waals surface area contributed by atoms with Gasteiger partial charge in [-0.05, 0) is 37.3 Å². The standard InChI is InChI=1S/C15H19F3N2O/c16-15(17,18)13-4-2-1-3-11(13)9-20-14(21)10-5-7-12(19)8-6-10/h1-4,10,12H,5-9,19H2,(H,20,21). The predicted octanol–water partition coefficient (Wildman–Crippen LogP) is 2.84. The second kappa shape index (κ2) is 6.47. The van der Waals surface area contributed by atoms with Crippen LogP contribution in [0.4, 0.5) is 13.2 Å². The molecule has 0 aliphatic heterocycles. The first-order valence-electron chi connectivity index (χ1n) is 7.06. The van der Waals surface area contributed by atoms with Crippen LogP contribution in [0.15, 0.2) is 24.3 Å². The molecule has 1 saturated carbocycles. The first-order valence-corrected chi connectivity index (χ1v) is 7.06. The van der Waals surface area contributed by atoms with Crippen molar-refractivity contribution in [3.05, 3.63) is 35.4 Å². The summed E-state index contributed by atoms with van der Waals surface area (Å²) in [5.74, 6) is -0.318. The molecule has 21 heavy (non-hydrogen) atoms. The Balaban J connectivity index is 1.96. The van der Waals surface area contributed by atoms with Crippen molar-refractivity contribution >= 4 is 5.91 Å². The number of alkyl halides is 3. The molecule has 0 bridgehead atoms. The third-order valence-electron chi connectivity index (χ3n) is 3.92. The van der Waals surface area contributed by atoms with Crippen LogP contribution in [-0.2, 0) is 17.5 Å². The Kier molecular flexibility index (Phi) is 4.88. The maximum absolute atomic E-state index is 12.8. The van der Waals surface area contributed by atoms with Gasteiger partial charge in [0.25, 0.3) is 0 Å². The highest BCUT2D eigenvalue weighted by Crippen LogP contribution is 2.32. The van der Waals surface area contributed by atoms with E-state index in [-0.39, 0.29) is 30.0 Å². The van der Waals surface area contributed by atoms with Crippen molar-refractivity contribution in [3.8, 4) is 0 Å². The van der Waals surface area contributed by atoms with E-state index in [2.05, 4.69) is 5.32 Å². The molecule has 1 aliphatic carbocycles. The molecule has 1 amide bonds. The van der Waals surface area contributed by atoms with Crippen LogP contribution in [0.25, 0.3) is 0 Å². The number of hydrogen-bond acceptors (Lipinski definition) is 2. The molecule has 2 rings (SSSR count). The van der Waals surface area contributed by atoms with E-state index in [1.165, 1.54) is 18.2 Å². The average molecular weight is 300 g/mol. The third-order valence-corrected chi connectivity index (χ3v) is 3.92. The predicted molar refractivity (Wildman–Crippen MR) is 73.2 cm³/mol. The van der Waals surface area contributed by atoms with E-state index in [1.807, 2.05) is 0 Å². The monoisotopic (exact) mass is 300 g/mol. The summed E-state index contributed by atoms with van der Waals surface area (Å²) in [6.07, 6.45) is -1.42. The van der Waals surface area contributed by atoms with Crippen LogP contribution < -0.4 is 11.1 Å². The fraction of sp³-hybridized carbons (Fsp3) is 0.533. The Morgan fingerprint density at radius 2 is 1.81 bits per heavy atom. The molecule has 6 heteroatoms. The molecule has 1 aliphatic rings. The summed E-state index contributed by atoms with van der Waals surface area (Å²) in [7, 11) is 0. The number of rotatable bonds is 3. The topological polar surface area (TPSA) is 55.1 Å². The molecule has 0 atom stereocenters. The second-order valence-corrected chi connectivity index (χ2v) is 5.48. The first-order chi connectivity index (χ1) is 9.88. The Morgan fingerprint density at radius 1 is 1.19 bits per heavy atom. The molecule has 0 aromatic heterocycles. The quantitative estimate of drug-likeness (QED) is 0.902. The van der Waals surface area contributed by atoms with E-state index >= 15 is 0 Å². The van der Waals surface area contributed by atoms with E-state index in [9.17, 15) is 18.0 Å². The van der Waals surface area contributed by atoms with Crippen LogP contribution >= 0.6 is 0 Å². The minimum Gasteiger partial charge on any atom is -0.352 e. The van der Waals surface area contributed by atoms with Gasteiger partial charge in [-0.15, -0.1) is 0 Å². The Bertz CT molecular complexity index is 494. The summed E-state index contributed by atoms with van der Waals surface area (Å²) in [6, 6.07) is 5.44. The van der Waals surface area contributed by atoms with Crippen LogP contribution in [0.1, 0.15) is 36.8 Å². The maximum atomic E-state index is 12.8. The van der Waals surface area contributed by atoms with Gasteiger partial charge >= 0.3 is 6.18 Å². The minimum atomic E-state index is -4.40. The summed E-state index contributed by atoms with van der Waals surface area (Å²) in [6.45, 7) is -0.100. The van der Waals surface area contributed by atoms with Gasteiger partial charge in [0.1, 0.15) is 0 Å². The molecular formula is C15H19F3N2O. The molecular weight excluding hydrogens is 281 g/mol. The van der Waals surface area contributed by atoms with Gasteiger partial charge in [-0.25, -0.2) is 0 Å². The zero-order valence-corrected chi connectivity index (χ0v) is 11.6. The SMILES string of the molecule is NC1CCC(C(=O)NCc2ccccc2C(F)(F)F)CC1. The first kappa shape index (κ1) is 15.8. The summed E-state index contributed by atoms with van der Waals surface area (Å²) in [5.41, 5.74) is 5.16. The van der Waals surface area contributed by atoms with E-state index in [0.29, 0.717) is 12.8 Å². The smallest absolute Gasteiger partial charge is 0.352 e. The second-order valence-electron chi connectivity index (χ2n) is 5.48. The summed E-state index contributed by atoms with van der Waals surface area (Å²) >= 11 is 0. The number of hydrogen-bond donors (Lipinski definition) is 2. The van der Waals surface area contributed by atoms with Crippen molar-refractivity contribution in [2.45, 2.75) is 44.4 Å². The number of amides is 1. The summed E-state index contributed by atoms with van der Waals surface area (Å²) in [5, 5.41) is 2.62. The molecule has 3 nitrogen and oxygen atoms in total. The fourth-order valence-electron chi connectivity index (χ4n) is 2.66. The van der Waals surface area contributed by atoms with Crippen LogP contribution in [0.3, 0.4) is 0 Å². The van der Waals surface area contributed by atoms with Gasteiger partial charge in [0.15, 0.2) is 0 Å². The fourth-order valence-corrected chi connectivity index (χ4v) is 2.66. The normalized spacial score (nSPS) is 22.9. The third kappa shape index (κ3) is 4.20. The lowest BCUT2D eigenvalue weighted by Crippen LogP contribution is -2.36. The molecule has 116 valence electrons. The van der Waals surface area contributed by atoms with Crippen molar-refractivity contribution in [3.63, 3.8) is 0 Å². The molecule has 1 aromatic carbocycles. The van der Waals surface area contributed by atoms with Gasteiger partial charge in [-0.3, -0.25) is 4.79 Å². The van der Waals surface area contributed by atoms with Gasteiger partial charge in [-0.2, -0.15) is 13.2 Å². The molecule has 1 aromatic rings. The molecule has 0 heterocycles. The molecule has 0 unspecified atom stereocenters. The van der Waals surface area contributed by atoms with E-state index in [1.54, 1.807) is 0 Å². The van der Waals surface area contributed by atoms with Gasteiger partial charge in [-0.1, -0.05) is 18.2 Å². The van der Waals surface area contributed by atoms with Crippen molar-refractivity contribution in [1.82, 2.24) is 5.32 Å². The number of halogens is 3.